The first kappa shape index (κ1) is 10.9. The first-order valence-electron chi connectivity index (χ1n) is 4.62. The van der Waals surface area contributed by atoms with Gasteiger partial charge in [-0.2, -0.15) is 0 Å². The van der Waals surface area contributed by atoms with Crippen LogP contribution >= 0.6 is 0 Å². The first-order chi connectivity index (χ1) is 6.47. The quantitative estimate of drug-likeness (QED) is 0.656. The standard InChI is InChI=1S/C10H17N3O/c1-7-5-8(9(12)13-6-7)10(2,14)3-4-11/h5-6,14H,3-4,11H2,1-2H3,(H2,12,13). The van der Waals surface area contributed by atoms with Crippen LogP contribution in [0, 0.1) is 6.92 Å². The van der Waals surface area contributed by atoms with Gasteiger partial charge in [0.05, 0.1) is 5.60 Å². The summed E-state index contributed by atoms with van der Waals surface area (Å²) in [4.78, 5) is 4.00. The summed E-state index contributed by atoms with van der Waals surface area (Å²) in [5.74, 6) is 0.369. The Kier molecular flexibility index (Phi) is 3.08. The van der Waals surface area contributed by atoms with E-state index < -0.39 is 5.60 Å². The maximum Gasteiger partial charge on any atom is 0.129 e. The lowest BCUT2D eigenvalue weighted by Crippen LogP contribution is -2.26. The molecular formula is C10H17N3O. The van der Waals surface area contributed by atoms with Crippen molar-refractivity contribution in [3.05, 3.63) is 23.4 Å². The van der Waals surface area contributed by atoms with E-state index in [1.807, 2.05) is 13.0 Å². The summed E-state index contributed by atoms with van der Waals surface area (Å²) in [7, 11) is 0. The Morgan fingerprint density at radius 3 is 2.79 bits per heavy atom. The molecule has 1 heterocycles. The van der Waals surface area contributed by atoms with Crippen LogP contribution in [0.1, 0.15) is 24.5 Å². The van der Waals surface area contributed by atoms with Crippen LogP contribution in [-0.4, -0.2) is 16.6 Å². The second kappa shape index (κ2) is 3.94. The summed E-state index contributed by atoms with van der Waals surface area (Å²) < 4.78 is 0. The minimum absolute atomic E-state index is 0.369. The van der Waals surface area contributed by atoms with Gasteiger partial charge in [0.2, 0.25) is 0 Å². The molecule has 1 atom stereocenters. The zero-order chi connectivity index (χ0) is 10.8. The predicted octanol–water partition coefficient (Wildman–Crippen LogP) is 0.529. The van der Waals surface area contributed by atoms with Crippen molar-refractivity contribution in [2.75, 3.05) is 12.3 Å². The molecule has 5 N–H and O–H groups in total. The van der Waals surface area contributed by atoms with E-state index in [4.69, 9.17) is 11.5 Å². The molecule has 1 aromatic heterocycles. The molecule has 0 saturated heterocycles. The second-order valence-corrected chi connectivity index (χ2v) is 3.76. The zero-order valence-electron chi connectivity index (χ0n) is 8.62. The molecule has 0 spiro atoms. The van der Waals surface area contributed by atoms with Crippen molar-refractivity contribution in [3.8, 4) is 0 Å². The van der Waals surface area contributed by atoms with Gasteiger partial charge in [-0.1, -0.05) is 0 Å². The Bertz CT molecular complexity index is 323. The van der Waals surface area contributed by atoms with Crippen LogP contribution in [0.5, 0.6) is 0 Å². The van der Waals surface area contributed by atoms with Gasteiger partial charge < -0.3 is 16.6 Å². The third-order valence-electron chi connectivity index (χ3n) is 2.27. The Labute approximate surface area is 83.9 Å². The average Bonchev–Trinajstić information content (AvgIpc) is 2.09. The fraction of sp³-hybridized carbons (Fsp3) is 0.500. The van der Waals surface area contributed by atoms with Crippen molar-refractivity contribution in [1.29, 1.82) is 0 Å². The van der Waals surface area contributed by atoms with Gasteiger partial charge in [0, 0.05) is 11.8 Å². The molecule has 1 unspecified atom stereocenters. The predicted molar refractivity (Wildman–Crippen MR) is 56.6 cm³/mol. The van der Waals surface area contributed by atoms with Crippen LogP contribution in [0.3, 0.4) is 0 Å². The molecule has 0 radical (unpaired) electrons. The molecule has 0 bridgehead atoms. The largest absolute Gasteiger partial charge is 0.385 e. The van der Waals surface area contributed by atoms with Gasteiger partial charge in [-0.05, 0) is 38.4 Å². The van der Waals surface area contributed by atoms with Crippen LogP contribution in [-0.2, 0) is 5.60 Å². The van der Waals surface area contributed by atoms with E-state index in [9.17, 15) is 5.11 Å². The summed E-state index contributed by atoms with van der Waals surface area (Å²) in [6.07, 6.45) is 2.15. The zero-order valence-corrected chi connectivity index (χ0v) is 8.62. The summed E-state index contributed by atoms with van der Waals surface area (Å²) >= 11 is 0. The number of nitrogens with two attached hydrogens (primary N) is 2. The lowest BCUT2D eigenvalue weighted by atomic mass is 9.92. The summed E-state index contributed by atoms with van der Waals surface area (Å²) in [6, 6.07) is 1.85. The van der Waals surface area contributed by atoms with Crippen molar-refractivity contribution in [2.24, 2.45) is 5.73 Å². The van der Waals surface area contributed by atoms with Gasteiger partial charge in [0.25, 0.3) is 0 Å². The number of pyridine rings is 1. The van der Waals surface area contributed by atoms with Gasteiger partial charge in [-0.3, -0.25) is 0 Å². The molecule has 0 saturated carbocycles. The Morgan fingerprint density at radius 2 is 2.21 bits per heavy atom. The molecule has 0 aliphatic rings. The first-order valence-corrected chi connectivity index (χ1v) is 4.62. The van der Waals surface area contributed by atoms with Crippen LogP contribution in [0.2, 0.25) is 0 Å². The van der Waals surface area contributed by atoms with E-state index in [1.54, 1.807) is 13.1 Å². The Morgan fingerprint density at radius 1 is 1.57 bits per heavy atom. The molecule has 1 rings (SSSR count). The average molecular weight is 195 g/mol. The topological polar surface area (TPSA) is 85.2 Å². The van der Waals surface area contributed by atoms with Gasteiger partial charge >= 0.3 is 0 Å². The fourth-order valence-electron chi connectivity index (χ4n) is 1.43. The molecule has 1 aromatic rings. The highest BCUT2D eigenvalue weighted by Crippen LogP contribution is 2.28. The van der Waals surface area contributed by atoms with E-state index in [0.29, 0.717) is 24.3 Å². The smallest absolute Gasteiger partial charge is 0.129 e. The number of rotatable bonds is 3. The summed E-state index contributed by atoms with van der Waals surface area (Å²) in [6.45, 7) is 4.03. The van der Waals surface area contributed by atoms with Crippen molar-refractivity contribution < 1.29 is 5.11 Å². The van der Waals surface area contributed by atoms with Gasteiger partial charge in [0.1, 0.15) is 5.82 Å². The molecule has 0 aliphatic heterocycles. The van der Waals surface area contributed by atoms with Gasteiger partial charge in [-0.15, -0.1) is 0 Å². The van der Waals surface area contributed by atoms with Crippen LogP contribution in [0.25, 0.3) is 0 Å². The SMILES string of the molecule is Cc1cnc(N)c(C(C)(O)CCN)c1. The summed E-state index contributed by atoms with van der Waals surface area (Å²) in [5.41, 5.74) is 11.8. The molecule has 0 aromatic carbocycles. The molecule has 4 nitrogen and oxygen atoms in total. The van der Waals surface area contributed by atoms with E-state index >= 15 is 0 Å². The minimum Gasteiger partial charge on any atom is -0.385 e. The lowest BCUT2D eigenvalue weighted by molar-refractivity contribution is 0.0508. The van der Waals surface area contributed by atoms with Gasteiger partial charge in [-0.25, -0.2) is 4.98 Å². The molecule has 0 amide bonds. The van der Waals surface area contributed by atoms with E-state index in [0.717, 1.165) is 5.56 Å². The normalized spacial score (nSPS) is 15.1. The van der Waals surface area contributed by atoms with Crippen molar-refractivity contribution in [2.45, 2.75) is 25.9 Å². The number of aromatic nitrogens is 1. The molecule has 0 aliphatic carbocycles. The lowest BCUT2D eigenvalue weighted by Gasteiger charge is -2.24. The third-order valence-corrected chi connectivity index (χ3v) is 2.27. The monoisotopic (exact) mass is 195 g/mol. The van der Waals surface area contributed by atoms with E-state index in [1.165, 1.54) is 0 Å². The van der Waals surface area contributed by atoms with Gasteiger partial charge in [0.15, 0.2) is 0 Å². The highest BCUT2D eigenvalue weighted by Gasteiger charge is 2.25. The minimum atomic E-state index is -0.988. The number of anilines is 1. The molecule has 4 heteroatoms. The highest BCUT2D eigenvalue weighted by atomic mass is 16.3. The Hall–Kier alpha value is -1.13. The van der Waals surface area contributed by atoms with Crippen molar-refractivity contribution in [3.63, 3.8) is 0 Å². The maximum atomic E-state index is 10.1. The van der Waals surface area contributed by atoms with Crippen LogP contribution < -0.4 is 11.5 Å². The number of hydrogen-bond acceptors (Lipinski definition) is 4. The number of nitrogens with zero attached hydrogens (tertiary/aromatic N) is 1. The second-order valence-electron chi connectivity index (χ2n) is 3.76. The van der Waals surface area contributed by atoms with E-state index in [2.05, 4.69) is 4.98 Å². The summed E-state index contributed by atoms with van der Waals surface area (Å²) in [5, 5.41) is 10.1. The third kappa shape index (κ3) is 2.21. The number of hydrogen-bond donors (Lipinski definition) is 3. The Balaban J connectivity index is 3.10. The fourth-order valence-corrected chi connectivity index (χ4v) is 1.43. The number of aryl methyl sites for hydroxylation is 1. The van der Waals surface area contributed by atoms with Crippen molar-refractivity contribution in [1.82, 2.24) is 4.98 Å². The maximum absolute atomic E-state index is 10.1. The number of nitrogen functional groups attached to an aromatic ring is 1. The van der Waals surface area contributed by atoms with Crippen LogP contribution in [0.15, 0.2) is 12.3 Å². The molecule has 78 valence electrons. The molecular weight excluding hydrogens is 178 g/mol. The van der Waals surface area contributed by atoms with E-state index in [-0.39, 0.29) is 0 Å². The van der Waals surface area contributed by atoms with Crippen LogP contribution in [0.4, 0.5) is 5.82 Å². The molecule has 14 heavy (non-hydrogen) atoms. The number of aliphatic hydroxyl groups is 1. The highest BCUT2D eigenvalue weighted by molar-refractivity contribution is 5.44. The van der Waals surface area contributed by atoms with Crippen molar-refractivity contribution >= 4 is 5.82 Å². The molecule has 0 fully saturated rings.